The van der Waals surface area contributed by atoms with Crippen LogP contribution in [-0.2, 0) is 11.2 Å². The molecule has 106 valence electrons. The second kappa shape index (κ2) is 7.29. The average molecular weight is 262 g/mol. The van der Waals surface area contributed by atoms with Gasteiger partial charge in [-0.2, -0.15) is 0 Å². The van der Waals surface area contributed by atoms with Gasteiger partial charge < -0.3 is 11.1 Å². The Bertz CT molecular complexity index is 427. The minimum absolute atomic E-state index is 0.0418. The predicted octanol–water partition coefficient (Wildman–Crippen LogP) is 2.37. The summed E-state index contributed by atoms with van der Waals surface area (Å²) >= 11 is 0. The number of amides is 1. The molecule has 0 bridgehead atoms. The molecule has 1 aromatic rings. The lowest BCUT2D eigenvalue weighted by Gasteiger charge is -2.13. The van der Waals surface area contributed by atoms with Crippen molar-refractivity contribution in [1.82, 2.24) is 5.32 Å². The van der Waals surface area contributed by atoms with Gasteiger partial charge in [-0.15, -0.1) is 0 Å². The third-order valence-corrected chi connectivity index (χ3v) is 3.53. The van der Waals surface area contributed by atoms with Crippen LogP contribution < -0.4 is 11.1 Å². The van der Waals surface area contributed by atoms with E-state index >= 15 is 0 Å². The van der Waals surface area contributed by atoms with Gasteiger partial charge in [0, 0.05) is 19.0 Å². The summed E-state index contributed by atoms with van der Waals surface area (Å²) in [5.74, 6) is 0.467. The third kappa shape index (κ3) is 4.67. The quantitative estimate of drug-likeness (QED) is 0.827. The fourth-order valence-corrected chi connectivity index (χ4v) is 1.92. The molecule has 3 N–H and O–H groups in total. The van der Waals surface area contributed by atoms with Gasteiger partial charge in [-0.1, -0.05) is 39.0 Å². The first kappa shape index (κ1) is 15.7. The normalized spacial score (nSPS) is 12.5. The van der Waals surface area contributed by atoms with Crippen molar-refractivity contribution in [2.24, 2.45) is 11.7 Å². The zero-order chi connectivity index (χ0) is 14.4. The zero-order valence-corrected chi connectivity index (χ0v) is 12.5. The predicted molar refractivity (Wildman–Crippen MR) is 80.2 cm³/mol. The first-order chi connectivity index (χ1) is 8.95. The minimum atomic E-state index is -0.108. The summed E-state index contributed by atoms with van der Waals surface area (Å²) in [5, 5.41) is 2.94. The molecule has 0 saturated carbocycles. The molecule has 0 aliphatic rings. The maximum Gasteiger partial charge on any atom is 0.224 e. The lowest BCUT2D eigenvalue weighted by molar-refractivity contribution is -0.124. The Hall–Kier alpha value is -1.35. The molecule has 0 aliphatic carbocycles. The molecular formula is C16H26N2O. The number of nitrogens with two attached hydrogens (primary N) is 1. The molecule has 0 spiro atoms. The Morgan fingerprint density at radius 1 is 1.32 bits per heavy atom. The topological polar surface area (TPSA) is 55.1 Å². The molecule has 0 saturated heterocycles. The van der Waals surface area contributed by atoms with E-state index in [2.05, 4.69) is 44.3 Å². The summed E-state index contributed by atoms with van der Waals surface area (Å²) in [6.07, 6.45) is 0.870. The van der Waals surface area contributed by atoms with Gasteiger partial charge in [-0.3, -0.25) is 4.79 Å². The fourth-order valence-electron chi connectivity index (χ4n) is 1.92. The van der Waals surface area contributed by atoms with Crippen LogP contribution in [0.25, 0.3) is 0 Å². The standard InChI is InChI=1S/C16H26N2O/c1-11(2)14-6-5-12(3)15(9-14)7-8-18-16(19)13(4)10-17/h5-6,9,11,13H,7-8,10,17H2,1-4H3,(H,18,19). The van der Waals surface area contributed by atoms with Gasteiger partial charge in [-0.25, -0.2) is 0 Å². The van der Waals surface area contributed by atoms with Crippen molar-refractivity contribution in [3.05, 3.63) is 34.9 Å². The van der Waals surface area contributed by atoms with Crippen molar-refractivity contribution in [1.29, 1.82) is 0 Å². The summed E-state index contributed by atoms with van der Waals surface area (Å²) in [7, 11) is 0. The molecule has 1 amide bonds. The van der Waals surface area contributed by atoms with Crippen LogP contribution in [0.2, 0.25) is 0 Å². The number of hydrogen-bond donors (Lipinski definition) is 2. The Labute approximate surface area is 116 Å². The first-order valence-corrected chi connectivity index (χ1v) is 7.03. The van der Waals surface area contributed by atoms with E-state index in [4.69, 9.17) is 5.73 Å². The van der Waals surface area contributed by atoms with E-state index in [0.717, 1.165) is 6.42 Å². The molecule has 19 heavy (non-hydrogen) atoms. The molecule has 0 aromatic heterocycles. The van der Waals surface area contributed by atoms with Crippen LogP contribution in [0.15, 0.2) is 18.2 Å². The lowest BCUT2D eigenvalue weighted by Crippen LogP contribution is -2.34. The molecule has 0 radical (unpaired) electrons. The second-order valence-corrected chi connectivity index (χ2v) is 5.52. The number of hydrogen-bond acceptors (Lipinski definition) is 2. The number of carbonyl (C=O) groups is 1. The highest BCUT2D eigenvalue weighted by Gasteiger charge is 2.10. The van der Waals surface area contributed by atoms with Crippen molar-refractivity contribution < 1.29 is 4.79 Å². The van der Waals surface area contributed by atoms with Gasteiger partial charge in [0.05, 0.1) is 0 Å². The van der Waals surface area contributed by atoms with Gasteiger partial charge in [0.25, 0.3) is 0 Å². The Balaban J connectivity index is 2.58. The Kier molecular flexibility index (Phi) is 6.03. The number of rotatable bonds is 6. The molecule has 1 unspecified atom stereocenters. The molecule has 0 fully saturated rings. The lowest BCUT2D eigenvalue weighted by atomic mass is 9.96. The largest absolute Gasteiger partial charge is 0.355 e. The minimum Gasteiger partial charge on any atom is -0.355 e. The Morgan fingerprint density at radius 3 is 2.58 bits per heavy atom. The molecular weight excluding hydrogens is 236 g/mol. The van der Waals surface area contributed by atoms with Gasteiger partial charge in [0.2, 0.25) is 5.91 Å². The van der Waals surface area contributed by atoms with Crippen LogP contribution in [0.4, 0.5) is 0 Å². The summed E-state index contributed by atoms with van der Waals surface area (Å²) in [6.45, 7) is 9.42. The van der Waals surface area contributed by atoms with Crippen LogP contribution in [0.1, 0.15) is 43.4 Å². The highest BCUT2D eigenvalue weighted by Crippen LogP contribution is 2.18. The van der Waals surface area contributed by atoms with E-state index in [1.165, 1.54) is 16.7 Å². The molecule has 3 nitrogen and oxygen atoms in total. The fraction of sp³-hybridized carbons (Fsp3) is 0.562. The summed E-state index contributed by atoms with van der Waals surface area (Å²) in [4.78, 5) is 11.6. The van der Waals surface area contributed by atoms with Crippen LogP contribution >= 0.6 is 0 Å². The number of nitrogens with one attached hydrogen (secondary N) is 1. The summed E-state index contributed by atoms with van der Waals surface area (Å²) < 4.78 is 0. The Morgan fingerprint density at radius 2 is 2.00 bits per heavy atom. The third-order valence-electron chi connectivity index (χ3n) is 3.53. The number of benzene rings is 1. The molecule has 0 aliphatic heterocycles. The monoisotopic (exact) mass is 262 g/mol. The van der Waals surface area contributed by atoms with Gasteiger partial charge in [0.15, 0.2) is 0 Å². The maximum atomic E-state index is 11.6. The van der Waals surface area contributed by atoms with Crippen LogP contribution in [0.3, 0.4) is 0 Å². The van der Waals surface area contributed by atoms with E-state index in [0.29, 0.717) is 19.0 Å². The van der Waals surface area contributed by atoms with E-state index in [1.807, 2.05) is 6.92 Å². The smallest absolute Gasteiger partial charge is 0.224 e. The molecule has 3 heteroatoms. The molecule has 1 aromatic carbocycles. The van der Waals surface area contributed by atoms with E-state index in [-0.39, 0.29) is 11.8 Å². The number of aryl methyl sites for hydroxylation is 1. The van der Waals surface area contributed by atoms with Crippen molar-refractivity contribution in [3.63, 3.8) is 0 Å². The van der Waals surface area contributed by atoms with Crippen molar-refractivity contribution in [2.45, 2.75) is 40.0 Å². The number of carbonyl (C=O) groups excluding carboxylic acids is 1. The molecule has 0 heterocycles. The van der Waals surface area contributed by atoms with Gasteiger partial charge in [-0.05, 0) is 36.0 Å². The SMILES string of the molecule is Cc1ccc(C(C)C)cc1CCNC(=O)C(C)CN. The first-order valence-electron chi connectivity index (χ1n) is 7.03. The van der Waals surface area contributed by atoms with E-state index in [9.17, 15) is 4.79 Å². The molecule has 1 rings (SSSR count). The van der Waals surface area contributed by atoms with Crippen LogP contribution in [-0.4, -0.2) is 19.0 Å². The highest BCUT2D eigenvalue weighted by atomic mass is 16.1. The molecule has 1 atom stereocenters. The van der Waals surface area contributed by atoms with Crippen molar-refractivity contribution in [2.75, 3.05) is 13.1 Å². The van der Waals surface area contributed by atoms with Crippen molar-refractivity contribution in [3.8, 4) is 0 Å². The van der Waals surface area contributed by atoms with Crippen LogP contribution in [0.5, 0.6) is 0 Å². The van der Waals surface area contributed by atoms with E-state index < -0.39 is 0 Å². The van der Waals surface area contributed by atoms with Gasteiger partial charge in [0.1, 0.15) is 0 Å². The average Bonchev–Trinajstić information content (AvgIpc) is 2.39. The van der Waals surface area contributed by atoms with Crippen LogP contribution in [0, 0.1) is 12.8 Å². The highest BCUT2D eigenvalue weighted by molar-refractivity contribution is 5.78. The second-order valence-electron chi connectivity index (χ2n) is 5.52. The van der Waals surface area contributed by atoms with Gasteiger partial charge >= 0.3 is 0 Å². The summed E-state index contributed by atoms with van der Waals surface area (Å²) in [6, 6.07) is 6.59. The van der Waals surface area contributed by atoms with E-state index in [1.54, 1.807) is 0 Å². The van der Waals surface area contributed by atoms with Crippen molar-refractivity contribution >= 4 is 5.91 Å². The zero-order valence-electron chi connectivity index (χ0n) is 12.5. The maximum absolute atomic E-state index is 11.6. The summed E-state index contributed by atoms with van der Waals surface area (Å²) in [5.41, 5.74) is 9.42.